The van der Waals surface area contributed by atoms with Crippen LogP contribution in [0.2, 0.25) is 0 Å². The normalized spacial score (nSPS) is 14.2. The van der Waals surface area contributed by atoms with Crippen molar-refractivity contribution in [3.8, 4) is 0 Å². The summed E-state index contributed by atoms with van der Waals surface area (Å²) in [7, 11) is 1.22. The van der Waals surface area contributed by atoms with E-state index in [-0.39, 0.29) is 29.3 Å². The number of fused-ring (bicyclic) bond motifs is 1. The van der Waals surface area contributed by atoms with E-state index in [1.54, 1.807) is 12.1 Å². The first-order chi connectivity index (χ1) is 12.4. The van der Waals surface area contributed by atoms with Crippen molar-refractivity contribution in [2.45, 2.75) is 19.6 Å². The predicted molar refractivity (Wildman–Crippen MR) is 86.2 cm³/mol. The summed E-state index contributed by atoms with van der Waals surface area (Å²) in [6, 6.07) is 8.11. The summed E-state index contributed by atoms with van der Waals surface area (Å²) in [6.45, 7) is 1.16. The third-order valence-electron chi connectivity index (χ3n) is 3.96. The zero-order valence-electron chi connectivity index (χ0n) is 14.1. The second-order valence-corrected chi connectivity index (χ2v) is 5.57. The van der Waals surface area contributed by atoms with Crippen LogP contribution in [0.25, 0.3) is 0 Å². The minimum Gasteiger partial charge on any atom is -0.463 e. The van der Waals surface area contributed by atoms with E-state index in [4.69, 9.17) is 9.15 Å². The molecule has 1 atom stereocenters. The van der Waals surface area contributed by atoms with Crippen molar-refractivity contribution in [3.63, 3.8) is 0 Å². The fourth-order valence-corrected chi connectivity index (χ4v) is 2.59. The van der Waals surface area contributed by atoms with Gasteiger partial charge < -0.3 is 13.9 Å². The molecule has 2 aromatic rings. The summed E-state index contributed by atoms with van der Waals surface area (Å²) in [5.74, 6) is -2.29. The Labute approximate surface area is 148 Å². The molecule has 26 heavy (non-hydrogen) atoms. The summed E-state index contributed by atoms with van der Waals surface area (Å²) in [5.41, 5.74) is 0.511. The molecule has 0 N–H and O–H groups in total. The van der Waals surface area contributed by atoms with Gasteiger partial charge in [0.25, 0.3) is 11.8 Å². The number of methoxy groups -OCH3 is 1. The summed E-state index contributed by atoms with van der Waals surface area (Å²) in [6.07, 6.45) is 0. The van der Waals surface area contributed by atoms with E-state index in [0.29, 0.717) is 0 Å². The van der Waals surface area contributed by atoms with Crippen molar-refractivity contribution in [1.29, 1.82) is 0 Å². The molecule has 2 heterocycles. The van der Waals surface area contributed by atoms with Gasteiger partial charge in [-0.25, -0.2) is 9.59 Å². The van der Waals surface area contributed by atoms with E-state index in [1.165, 1.54) is 38.3 Å². The first-order valence-corrected chi connectivity index (χ1v) is 7.74. The molecule has 0 unspecified atom stereocenters. The van der Waals surface area contributed by atoms with E-state index < -0.39 is 29.8 Å². The average molecular weight is 357 g/mol. The van der Waals surface area contributed by atoms with Crippen LogP contribution in [-0.4, -0.2) is 41.8 Å². The molecule has 1 aromatic carbocycles. The number of hydrogen-bond acceptors (Lipinski definition) is 7. The summed E-state index contributed by atoms with van der Waals surface area (Å²) >= 11 is 0. The van der Waals surface area contributed by atoms with Gasteiger partial charge in [-0.1, -0.05) is 12.1 Å². The predicted octanol–water partition coefficient (Wildman–Crippen LogP) is 1.79. The SMILES string of the molecule is COC(=O)c1ccc(COC(=O)[C@@H](C)N2C(=O)c3ccccc3C2=O)o1. The maximum atomic E-state index is 12.4. The van der Waals surface area contributed by atoms with Gasteiger partial charge in [0, 0.05) is 0 Å². The van der Waals surface area contributed by atoms with Crippen molar-refractivity contribution in [3.05, 3.63) is 59.0 Å². The lowest BCUT2D eigenvalue weighted by molar-refractivity contribution is -0.149. The smallest absolute Gasteiger partial charge is 0.373 e. The van der Waals surface area contributed by atoms with Gasteiger partial charge in [0.05, 0.1) is 18.2 Å². The number of hydrogen-bond donors (Lipinski definition) is 0. The number of rotatable bonds is 5. The third kappa shape index (κ3) is 2.97. The lowest BCUT2D eigenvalue weighted by atomic mass is 10.1. The number of carbonyl (C=O) groups is 4. The molecular formula is C18H15NO7. The molecule has 1 aromatic heterocycles. The Bertz CT molecular complexity index is 863. The zero-order valence-corrected chi connectivity index (χ0v) is 14.1. The van der Waals surface area contributed by atoms with Crippen molar-refractivity contribution in [1.82, 2.24) is 4.90 Å². The van der Waals surface area contributed by atoms with Crippen LogP contribution in [0.15, 0.2) is 40.8 Å². The molecule has 3 rings (SSSR count). The Kier molecular flexibility index (Phi) is 4.57. The van der Waals surface area contributed by atoms with Gasteiger partial charge in [-0.15, -0.1) is 0 Å². The van der Waals surface area contributed by atoms with Gasteiger partial charge in [-0.3, -0.25) is 14.5 Å². The number of esters is 2. The molecule has 0 saturated carbocycles. The number of imide groups is 1. The van der Waals surface area contributed by atoms with Gasteiger partial charge in [0.2, 0.25) is 5.76 Å². The minimum absolute atomic E-state index is 0.0213. The number of nitrogens with zero attached hydrogens (tertiary/aromatic N) is 1. The largest absolute Gasteiger partial charge is 0.463 e. The molecule has 8 nitrogen and oxygen atoms in total. The summed E-state index contributed by atoms with van der Waals surface area (Å²) in [4.78, 5) is 49.2. The first kappa shape index (κ1) is 17.4. The van der Waals surface area contributed by atoms with Crippen LogP contribution in [-0.2, 0) is 20.9 Å². The Morgan fingerprint density at radius 2 is 1.69 bits per heavy atom. The lowest BCUT2D eigenvalue weighted by Crippen LogP contribution is -2.43. The average Bonchev–Trinajstić information content (AvgIpc) is 3.22. The maximum absolute atomic E-state index is 12.4. The molecule has 8 heteroatoms. The Morgan fingerprint density at radius 1 is 1.08 bits per heavy atom. The van der Waals surface area contributed by atoms with Crippen LogP contribution in [0.5, 0.6) is 0 Å². The minimum atomic E-state index is -1.10. The number of furan rings is 1. The highest BCUT2D eigenvalue weighted by atomic mass is 16.6. The van der Waals surface area contributed by atoms with Crippen molar-refractivity contribution in [2.75, 3.05) is 7.11 Å². The number of amides is 2. The van der Waals surface area contributed by atoms with E-state index in [9.17, 15) is 19.2 Å². The van der Waals surface area contributed by atoms with Gasteiger partial charge in [-0.05, 0) is 31.2 Å². The van der Waals surface area contributed by atoms with Crippen LogP contribution in [0, 0.1) is 0 Å². The highest BCUT2D eigenvalue weighted by Crippen LogP contribution is 2.25. The van der Waals surface area contributed by atoms with E-state index in [2.05, 4.69) is 4.74 Å². The van der Waals surface area contributed by atoms with Crippen LogP contribution in [0.4, 0.5) is 0 Å². The fraction of sp³-hybridized carbons (Fsp3) is 0.222. The highest BCUT2D eigenvalue weighted by molar-refractivity contribution is 6.22. The molecule has 0 radical (unpaired) electrons. The topological polar surface area (TPSA) is 103 Å². The van der Waals surface area contributed by atoms with Crippen molar-refractivity contribution >= 4 is 23.8 Å². The van der Waals surface area contributed by atoms with E-state index in [1.807, 2.05) is 0 Å². The molecule has 1 aliphatic heterocycles. The van der Waals surface area contributed by atoms with Crippen LogP contribution < -0.4 is 0 Å². The lowest BCUT2D eigenvalue weighted by Gasteiger charge is -2.20. The molecule has 0 saturated heterocycles. The summed E-state index contributed by atoms with van der Waals surface area (Å²) in [5, 5.41) is 0. The van der Waals surface area contributed by atoms with Gasteiger partial charge in [0.1, 0.15) is 18.4 Å². The molecule has 0 spiro atoms. The molecule has 0 aliphatic carbocycles. The molecule has 1 aliphatic rings. The van der Waals surface area contributed by atoms with E-state index in [0.717, 1.165) is 4.90 Å². The van der Waals surface area contributed by atoms with Crippen LogP contribution >= 0.6 is 0 Å². The van der Waals surface area contributed by atoms with Gasteiger partial charge in [0.15, 0.2) is 0 Å². The fourth-order valence-electron chi connectivity index (χ4n) is 2.59. The summed E-state index contributed by atoms with van der Waals surface area (Å²) < 4.78 is 14.8. The highest BCUT2D eigenvalue weighted by Gasteiger charge is 2.41. The maximum Gasteiger partial charge on any atom is 0.373 e. The number of benzene rings is 1. The standard InChI is InChI=1S/C18H15NO7/c1-10(19-15(20)12-5-3-4-6-13(12)16(19)21)17(22)25-9-11-7-8-14(26-11)18(23)24-2/h3-8,10H,9H2,1-2H3/t10-/m1/s1. The second kappa shape index (κ2) is 6.83. The van der Waals surface area contributed by atoms with Crippen molar-refractivity contribution in [2.24, 2.45) is 0 Å². The molecule has 134 valence electrons. The van der Waals surface area contributed by atoms with Gasteiger partial charge in [-0.2, -0.15) is 0 Å². The quantitative estimate of drug-likeness (QED) is 0.594. The molecule has 2 amide bonds. The van der Waals surface area contributed by atoms with Crippen molar-refractivity contribution < 1.29 is 33.1 Å². The number of ether oxygens (including phenoxy) is 2. The Balaban J connectivity index is 1.65. The molecule has 0 fully saturated rings. The third-order valence-corrected chi connectivity index (χ3v) is 3.96. The van der Waals surface area contributed by atoms with E-state index >= 15 is 0 Å². The first-order valence-electron chi connectivity index (χ1n) is 7.74. The van der Waals surface area contributed by atoms with Crippen LogP contribution in [0.1, 0.15) is 44.0 Å². The Hall–Kier alpha value is -3.42. The van der Waals surface area contributed by atoms with Crippen LogP contribution in [0.3, 0.4) is 0 Å². The second-order valence-electron chi connectivity index (χ2n) is 5.57. The zero-order chi connectivity index (χ0) is 18.8. The molecular weight excluding hydrogens is 342 g/mol. The Morgan fingerprint density at radius 3 is 2.27 bits per heavy atom. The molecule has 0 bridgehead atoms. The van der Waals surface area contributed by atoms with Gasteiger partial charge >= 0.3 is 11.9 Å². The number of carbonyl (C=O) groups excluding carboxylic acids is 4. The monoisotopic (exact) mass is 357 g/mol.